The normalized spacial score (nSPS) is 11.0. The number of rotatable bonds is 10. The number of fused-ring (bicyclic) bond motifs is 1. The van der Waals surface area contributed by atoms with Crippen LogP contribution in [0.25, 0.3) is 10.1 Å². The van der Waals surface area contributed by atoms with E-state index in [9.17, 15) is 0 Å². The quantitative estimate of drug-likeness (QED) is 0.657. The van der Waals surface area contributed by atoms with Crippen molar-refractivity contribution < 1.29 is 9.47 Å². The van der Waals surface area contributed by atoms with Crippen molar-refractivity contribution >= 4 is 21.4 Å². The highest BCUT2D eigenvalue weighted by atomic mass is 32.1. The van der Waals surface area contributed by atoms with Gasteiger partial charge in [-0.25, -0.2) is 0 Å². The highest BCUT2D eigenvalue weighted by molar-refractivity contribution is 7.19. The van der Waals surface area contributed by atoms with Gasteiger partial charge < -0.3 is 20.9 Å². The second kappa shape index (κ2) is 8.98. The Hall–Kier alpha value is -1.30. The zero-order chi connectivity index (χ0) is 15.8. The van der Waals surface area contributed by atoms with E-state index in [1.807, 2.05) is 0 Å². The van der Waals surface area contributed by atoms with Crippen molar-refractivity contribution in [3.8, 4) is 11.5 Å². The van der Waals surface area contributed by atoms with E-state index in [0.29, 0.717) is 26.3 Å². The lowest BCUT2D eigenvalue weighted by atomic mass is 10.2. The van der Waals surface area contributed by atoms with Crippen LogP contribution in [0.1, 0.15) is 30.6 Å². The minimum Gasteiger partial charge on any atom is -0.490 e. The molecule has 2 rings (SSSR count). The first-order valence-electron chi connectivity index (χ1n) is 7.94. The molecule has 0 fully saturated rings. The van der Waals surface area contributed by atoms with Gasteiger partial charge in [0.15, 0.2) is 11.5 Å². The largest absolute Gasteiger partial charge is 0.490 e. The Bertz CT molecular complexity index is 534. The second-order valence-corrected chi connectivity index (χ2v) is 6.67. The standard InChI is InChI=1S/C17H26N2O2S/c1-13-10-14-11-15(20-8-4-2-6-18)16(12-17(14)22-13)21-9-5-3-7-19/h10-12H,2-9,18-19H2,1H3. The molecule has 0 amide bonds. The molecule has 0 atom stereocenters. The van der Waals surface area contributed by atoms with Crippen molar-refractivity contribution in [2.45, 2.75) is 32.6 Å². The number of hydrogen-bond acceptors (Lipinski definition) is 5. The van der Waals surface area contributed by atoms with Gasteiger partial charge in [0.1, 0.15) is 0 Å². The predicted molar refractivity (Wildman–Crippen MR) is 94.1 cm³/mol. The molecule has 0 saturated heterocycles. The Labute approximate surface area is 136 Å². The highest BCUT2D eigenvalue weighted by Gasteiger charge is 2.10. The molecule has 0 aliphatic carbocycles. The Morgan fingerprint density at radius 2 is 1.45 bits per heavy atom. The van der Waals surface area contributed by atoms with E-state index in [0.717, 1.165) is 37.2 Å². The summed E-state index contributed by atoms with van der Waals surface area (Å²) in [6.07, 6.45) is 3.88. The van der Waals surface area contributed by atoms with Gasteiger partial charge in [0.2, 0.25) is 0 Å². The zero-order valence-electron chi connectivity index (χ0n) is 13.3. The summed E-state index contributed by atoms with van der Waals surface area (Å²) in [7, 11) is 0. The third-order valence-electron chi connectivity index (χ3n) is 3.42. The van der Waals surface area contributed by atoms with E-state index in [-0.39, 0.29) is 0 Å². The van der Waals surface area contributed by atoms with Crippen LogP contribution < -0.4 is 20.9 Å². The van der Waals surface area contributed by atoms with Gasteiger partial charge in [-0.2, -0.15) is 0 Å². The molecule has 5 heteroatoms. The Kier molecular flexibility index (Phi) is 6.96. The summed E-state index contributed by atoms with van der Waals surface area (Å²) >= 11 is 1.78. The van der Waals surface area contributed by atoms with Gasteiger partial charge in [0.05, 0.1) is 13.2 Å². The maximum atomic E-state index is 5.92. The van der Waals surface area contributed by atoms with Crippen molar-refractivity contribution in [3.05, 3.63) is 23.1 Å². The van der Waals surface area contributed by atoms with E-state index >= 15 is 0 Å². The minimum atomic E-state index is 0.672. The second-order valence-electron chi connectivity index (χ2n) is 5.38. The van der Waals surface area contributed by atoms with Gasteiger partial charge in [-0.05, 0) is 63.2 Å². The van der Waals surface area contributed by atoms with Crippen molar-refractivity contribution in [1.29, 1.82) is 0 Å². The van der Waals surface area contributed by atoms with E-state index in [4.69, 9.17) is 20.9 Å². The van der Waals surface area contributed by atoms with Crippen LogP contribution in [0, 0.1) is 6.92 Å². The van der Waals surface area contributed by atoms with Gasteiger partial charge >= 0.3 is 0 Å². The van der Waals surface area contributed by atoms with Gasteiger partial charge in [-0.3, -0.25) is 0 Å². The number of aryl methyl sites for hydroxylation is 1. The topological polar surface area (TPSA) is 70.5 Å². The molecule has 0 aliphatic heterocycles. The molecule has 0 unspecified atom stereocenters. The Balaban J connectivity index is 2.09. The number of ether oxygens (including phenoxy) is 2. The average Bonchev–Trinajstić information content (AvgIpc) is 2.87. The number of hydrogen-bond donors (Lipinski definition) is 2. The summed E-state index contributed by atoms with van der Waals surface area (Å²) in [5.74, 6) is 1.66. The maximum Gasteiger partial charge on any atom is 0.162 e. The molecule has 1 aromatic carbocycles. The number of unbranched alkanes of at least 4 members (excludes halogenated alkanes) is 2. The van der Waals surface area contributed by atoms with Crippen LogP contribution in [0.15, 0.2) is 18.2 Å². The van der Waals surface area contributed by atoms with E-state index in [2.05, 4.69) is 25.1 Å². The molecule has 1 aromatic heterocycles. The number of nitrogens with two attached hydrogens (primary N) is 2. The van der Waals surface area contributed by atoms with Gasteiger partial charge in [-0.15, -0.1) is 11.3 Å². The van der Waals surface area contributed by atoms with Crippen LogP contribution >= 0.6 is 11.3 Å². The molecular formula is C17H26N2O2S. The monoisotopic (exact) mass is 322 g/mol. The van der Waals surface area contributed by atoms with E-state index < -0.39 is 0 Å². The fourth-order valence-corrected chi connectivity index (χ4v) is 3.20. The molecule has 122 valence electrons. The molecule has 4 N–H and O–H groups in total. The predicted octanol–water partition coefficient (Wildman–Crippen LogP) is 3.45. The fraction of sp³-hybridized carbons (Fsp3) is 0.529. The first kappa shape index (κ1) is 17.1. The molecule has 0 radical (unpaired) electrons. The van der Waals surface area contributed by atoms with Gasteiger partial charge in [-0.1, -0.05) is 0 Å². The van der Waals surface area contributed by atoms with Gasteiger partial charge in [0.25, 0.3) is 0 Å². The summed E-state index contributed by atoms with van der Waals surface area (Å²) in [4.78, 5) is 1.30. The van der Waals surface area contributed by atoms with Crippen molar-refractivity contribution in [2.24, 2.45) is 11.5 Å². The van der Waals surface area contributed by atoms with Crippen LogP contribution in [-0.2, 0) is 0 Å². The molecule has 0 spiro atoms. The summed E-state index contributed by atoms with van der Waals surface area (Å²) in [6, 6.07) is 6.36. The third-order valence-corrected chi connectivity index (χ3v) is 4.43. The molecule has 1 heterocycles. The Morgan fingerprint density at radius 1 is 0.864 bits per heavy atom. The first-order chi connectivity index (χ1) is 10.7. The lowest BCUT2D eigenvalue weighted by molar-refractivity contribution is 0.261. The molecule has 0 bridgehead atoms. The van der Waals surface area contributed by atoms with Crippen LogP contribution in [0.4, 0.5) is 0 Å². The number of benzene rings is 1. The summed E-state index contributed by atoms with van der Waals surface area (Å²) in [6.45, 7) is 4.87. The van der Waals surface area contributed by atoms with E-state index in [1.165, 1.54) is 15.0 Å². The molecular weight excluding hydrogens is 296 g/mol. The van der Waals surface area contributed by atoms with Gasteiger partial charge in [0, 0.05) is 15.6 Å². The van der Waals surface area contributed by atoms with Crippen molar-refractivity contribution in [2.75, 3.05) is 26.3 Å². The minimum absolute atomic E-state index is 0.672. The first-order valence-corrected chi connectivity index (χ1v) is 8.76. The molecule has 4 nitrogen and oxygen atoms in total. The lowest BCUT2D eigenvalue weighted by Crippen LogP contribution is -2.06. The fourth-order valence-electron chi connectivity index (χ4n) is 2.26. The molecule has 0 aliphatic rings. The SMILES string of the molecule is Cc1cc2cc(OCCCCN)c(OCCCCN)cc2s1. The zero-order valence-corrected chi connectivity index (χ0v) is 14.1. The third kappa shape index (κ3) is 4.87. The maximum absolute atomic E-state index is 5.92. The lowest BCUT2D eigenvalue weighted by Gasteiger charge is -2.13. The average molecular weight is 322 g/mol. The number of thiophene rings is 1. The Morgan fingerprint density at radius 3 is 2.05 bits per heavy atom. The van der Waals surface area contributed by atoms with Crippen LogP contribution in [0.3, 0.4) is 0 Å². The summed E-state index contributed by atoms with van der Waals surface area (Å²) in [5, 5.41) is 1.21. The molecule has 0 saturated carbocycles. The van der Waals surface area contributed by atoms with Crippen molar-refractivity contribution in [3.63, 3.8) is 0 Å². The summed E-state index contributed by atoms with van der Waals surface area (Å²) < 4.78 is 13.1. The van der Waals surface area contributed by atoms with Crippen LogP contribution in [0.5, 0.6) is 11.5 Å². The smallest absolute Gasteiger partial charge is 0.162 e. The highest BCUT2D eigenvalue weighted by Crippen LogP contribution is 2.36. The van der Waals surface area contributed by atoms with Crippen LogP contribution in [-0.4, -0.2) is 26.3 Å². The van der Waals surface area contributed by atoms with Crippen LogP contribution in [0.2, 0.25) is 0 Å². The van der Waals surface area contributed by atoms with E-state index in [1.54, 1.807) is 11.3 Å². The summed E-state index contributed by atoms with van der Waals surface area (Å²) in [5.41, 5.74) is 11.0. The van der Waals surface area contributed by atoms with Crippen molar-refractivity contribution in [1.82, 2.24) is 0 Å². The molecule has 22 heavy (non-hydrogen) atoms. The molecule has 2 aromatic rings.